The fourth-order valence-electron chi connectivity index (χ4n) is 1.45. The number of hydrogen-bond acceptors (Lipinski definition) is 4. The van der Waals surface area contributed by atoms with Gasteiger partial charge in [-0.2, -0.15) is 5.26 Å². The molecule has 0 atom stereocenters. The van der Waals surface area contributed by atoms with Gasteiger partial charge in [-0.15, -0.1) is 0 Å². The second-order valence-electron chi connectivity index (χ2n) is 4.09. The molecule has 0 radical (unpaired) electrons. The maximum atomic E-state index is 11.7. The smallest absolute Gasteiger partial charge is 0.260 e. The summed E-state index contributed by atoms with van der Waals surface area (Å²) in [5.74, 6) is 0.498. The van der Waals surface area contributed by atoms with Gasteiger partial charge in [0.15, 0.2) is 6.61 Å². The maximum Gasteiger partial charge on any atom is 0.260 e. The minimum absolute atomic E-state index is 0.00458. The Kier molecular flexibility index (Phi) is 6.41. The Hall–Kier alpha value is -2.06. The first-order valence-electron chi connectivity index (χ1n) is 6.03. The van der Waals surface area contributed by atoms with Gasteiger partial charge < -0.3 is 14.4 Å². The number of likely N-dealkylation sites (N-methyl/N-ethyl adjacent to an activating group) is 1. The van der Waals surface area contributed by atoms with Gasteiger partial charge in [-0.25, -0.2) is 0 Å². The fourth-order valence-corrected chi connectivity index (χ4v) is 1.45. The van der Waals surface area contributed by atoms with Gasteiger partial charge in [-0.3, -0.25) is 4.79 Å². The molecule has 1 aromatic rings. The highest BCUT2D eigenvalue weighted by atomic mass is 16.5. The molecular weight excluding hydrogens is 244 g/mol. The number of methoxy groups -OCH3 is 1. The van der Waals surface area contributed by atoms with Crippen LogP contribution in [0.2, 0.25) is 0 Å². The van der Waals surface area contributed by atoms with Crippen LogP contribution in [0.1, 0.15) is 12.0 Å². The van der Waals surface area contributed by atoms with Crippen molar-refractivity contribution < 1.29 is 14.3 Å². The predicted molar refractivity (Wildman–Crippen MR) is 70.8 cm³/mol. The van der Waals surface area contributed by atoms with Crippen LogP contribution in [0, 0.1) is 11.3 Å². The number of ether oxygens (including phenoxy) is 2. The predicted octanol–water partition coefficient (Wildman–Crippen LogP) is 1.43. The van der Waals surface area contributed by atoms with E-state index in [9.17, 15) is 4.79 Å². The number of amides is 1. The van der Waals surface area contributed by atoms with Crippen molar-refractivity contribution in [1.29, 1.82) is 5.26 Å². The summed E-state index contributed by atoms with van der Waals surface area (Å²) in [4.78, 5) is 13.4. The van der Waals surface area contributed by atoms with Gasteiger partial charge in [0.05, 0.1) is 11.6 Å². The van der Waals surface area contributed by atoms with E-state index in [0.29, 0.717) is 24.5 Å². The van der Waals surface area contributed by atoms with Crippen molar-refractivity contribution in [3.05, 3.63) is 29.8 Å². The number of rotatable bonds is 7. The van der Waals surface area contributed by atoms with Crippen molar-refractivity contribution in [2.75, 3.05) is 33.9 Å². The largest absolute Gasteiger partial charge is 0.484 e. The minimum atomic E-state index is -0.0829. The zero-order valence-corrected chi connectivity index (χ0v) is 11.3. The van der Waals surface area contributed by atoms with E-state index in [1.807, 2.05) is 6.07 Å². The first kappa shape index (κ1) is 15.0. The Bertz CT molecular complexity index is 437. The van der Waals surface area contributed by atoms with Crippen LogP contribution in [0.25, 0.3) is 0 Å². The van der Waals surface area contributed by atoms with Gasteiger partial charge in [-0.05, 0) is 30.7 Å². The molecule has 5 nitrogen and oxygen atoms in total. The average molecular weight is 262 g/mol. The average Bonchev–Trinajstić information content (AvgIpc) is 2.45. The molecule has 0 aromatic heterocycles. The Morgan fingerprint density at radius 3 is 2.63 bits per heavy atom. The third kappa shape index (κ3) is 5.40. The van der Waals surface area contributed by atoms with Crippen molar-refractivity contribution in [2.45, 2.75) is 6.42 Å². The molecule has 5 heteroatoms. The highest BCUT2D eigenvalue weighted by Crippen LogP contribution is 2.11. The lowest BCUT2D eigenvalue weighted by Crippen LogP contribution is -2.32. The van der Waals surface area contributed by atoms with Crippen LogP contribution >= 0.6 is 0 Å². The number of hydrogen-bond donors (Lipinski definition) is 0. The van der Waals surface area contributed by atoms with Gasteiger partial charge in [0, 0.05) is 27.3 Å². The monoisotopic (exact) mass is 262 g/mol. The Morgan fingerprint density at radius 2 is 2.05 bits per heavy atom. The summed E-state index contributed by atoms with van der Waals surface area (Å²) in [7, 11) is 3.37. The lowest BCUT2D eigenvalue weighted by molar-refractivity contribution is -0.132. The van der Waals surface area contributed by atoms with Crippen molar-refractivity contribution in [1.82, 2.24) is 4.90 Å². The molecule has 1 aromatic carbocycles. The maximum absolute atomic E-state index is 11.7. The second-order valence-corrected chi connectivity index (χ2v) is 4.09. The summed E-state index contributed by atoms with van der Waals surface area (Å²) in [5.41, 5.74) is 0.565. The van der Waals surface area contributed by atoms with Crippen LogP contribution in [-0.2, 0) is 9.53 Å². The summed E-state index contributed by atoms with van der Waals surface area (Å²) in [6, 6.07) is 8.69. The van der Waals surface area contributed by atoms with E-state index in [2.05, 4.69) is 0 Å². The standard InChI is InChI=1S/C14H18N2O3/c1-16(8-3-9-18-2)14(17)11-19-13-6-4-12(10-15)5-7-13/h4-7H,3,8-9,11H2,1-2H3. The minimum Gasteiger partial charge on any atom is -0.484 e. The van der Waals surface area contributed by atoms with Crippen LogP contribution in [0.15, 0.2) is 24.3 Å². The quantitative estimate of drug-likeness (QED) is 0.697. The molecule has 0 aliphatic rings. The van der Waals surface area contributed by atoms with Crippen LogP contribution < -0.4 is 4.74 Å². The molecule has 0 heterocycles. The number of carbonyl (C=O) groups excluding carboxylic acids is 1. The van der Waals surface area contributed by atoms with Crippen LogP contribution in [0.3, 0.4) is 0 Å². The third-order valence-corrected chi connectivity index (χ3v) is 2.61. The fraction of sp³-hybridized carbons (Fsp3) is 0.429. The van der Waals surface area contributed by atoms with E-state index in [-0.39, 0.29) is 12.5 Å². The molecule has 0 N–H and O–H groups in total. The SMILES string of the molecule is COCCCN(C)C(=O)COc1ccc(C#N)cc1. The Balaban J connectivity index is 2.34. The van der Waals surface area contributed by atoms with E-state index in [0.717, 1.165) is 6.42 Å². The van der Waals surface area contributed by atoms with Crippen LogP contribution in [0.5, 0.6) is 5.75 Å². The first-order chi connectivity index (χ1) is 9.17. The number of benzene rings is 1. The molecule has 0 aliphatic heterocycles. The highest BCUT2D eigenvalue weighted by molar-refractivity contribution is 5.77. The van der Waals surface area contributed by atoms with Gasteiger partial charge in [0.1, 0.15) is 5.75 Å². The molecule has 0 spiro atoms. The first-order valence-corrected chi connectivity index (χ1v) is 6.03. The van der Waals surface area contributed by atoms with Crippen molar-refractivity contribution in [3.8, 4) is 11.8 Å². The summed E-state index contributed by atoms with van der Waals surface area (Å²) in [6.45, 7) is 1.27. The van der Waals surface area contributed by atoms with Crippen molar-refractivity contribution >= 4 is 5.91 Å². The van der Waals surface area contributed by atoms with Crippen molar-refractivity contribution in [3.63, 3.8) is 0 Å². The molecule has 1 amide bonds. The van der Waals surface area contributed by atoms with Gasteiger partial charge in [-0.1, -0.05) is 0 Å². The van der Waals surface area contributed by atoms with E-state index in [1.54, 1.807) is 43.3 Å². The lowest BCUT2D eigenvalue weighted by Gasteiger charge is -2.17. The highest BCUT2D eigenvalue weighted by Gasteiger charge is 2.09. The second kappa shape index (κ2) is 8.11. The molecule has 0 fully saturated rings. The lowest BCUT2D eigenvalue weighted by atomic mass is 10.2. The third-order valence-electron chi connectivity index (χ3n) is 2.61. The summed E-state index contributed by atoms with van der Waals surface area (Å²) >= 11 is 0. The van der Waals surface area contributed by atoms with Gasteiger partial charge in [0.25, 0.3) is 5.91 Å². The molecule has 0 saturated carbocycles. The van der Waals surface area contributed by atoms with E-state index >= 15 is 0 Å². The normalized spacial score (nSPS) is 9.74. The summed E-state index contributed by atoms with van der Waals surface area (Å²) < 4.78 is 10.3. The van der Waals surface area contributed by atoms with Crippen molar-refractivity contribution in [2.24, 2.45) is 0 Å². The molecule has 0 unspecified atom stereocenters. The molecule has 0 saturated heterocycles. The Labute approximate surface area is 113 Å². The van der Waals surface area contributed by atoms with Crippen LogP contribution in [0.4, 0.5) is 0 Å². The van der Waals surface area contributed by atoms with E-state index in [1.165, 1.54) is 0 Å². The van der Waals surface area contributed by atoms with Gasteiger partial charge >= 0.3 is 0 Å². The summed E-state index contributed by atoms with van der Waals surface area (Å²) in [6.07, 6.45) is 0.801. The van der Waals surface area contributed by atoms with E-state index in [4.69, 9.17) is 14.7 Å². The molecule has 0 bridgehead atoms. The Morgan fingerprint density at radius 1 is 1.37 bits per heavy atom. The number of nitriles is 1. The summed E-state index contributed by atoms with van der Waals surface area (Å²) in [5, 5.41) is 8.66. The topological polar surface area (TPSA) is 62.6 Å². The van der Waals surface area contributed by atoms with Crippen LogP contribution in [-0.4, -0.2) is 44.7 Å². The van der Waals surface area contributed by atoms with Gasteiger partial charge in [0.2, 0.25) is 0 Å². The number of carbonyl (C=O) groups is 1. The molecule has 1 rings (SSSR count). The number of nitrogens with zero attached hydrogens (tertiary/aromatic N) is 2. The molecular formula is C14H18N2O3. The molecule has 19 heavy (non-hydrogen) atoms. The molecule has 102 valence electrons. The zero-order chi connectivity index (χ0) is 14.1. The zero-order valence-electron chi connectivity index (χ0n) is 11.3. The van der Waals surface area contributed by atoms with E-state index < -0.39 is 0 Å². The molecule has 0 aliphatic carbocycles.